The zero-order valence-electron chi connectivity index (χ0n) is 9.23. The van der Waals surface area contributed by atoms with Gasteiger partial charge in [0.2, 0.25) is 0 Å². The van der Waals surface area contributed by atoms with Gasteiger partial charge in [-0.25, -0.2) is 0 Å². The fraction of sp³-hybridized carbons (Fsp3) is 0.417. The molecule has 0 radical (unpaired) electrons. The first kappa shape index (κ1) is 11.1. The van der Waals surface area contributed by atoms with Gasteiger partial charge in [0.15, 0.2) is 0 Å². The highest BCUT2D eigenvalue weighted by molar-refractivity contribution is 5.78. The molecule has 1 fully saturated rings. The van der Waals surface area contributed by atoms with Crippen LogP contribution >= 0.6 is 0 Å². The van der Waals surface area contributed by atoms with Crippen molar-refractivity contribution in [3.05, 3.63) is 29.3 Å². The maximum Gasteiger partial charge on any atom is 0.150 e. The minimum absolute atomic E-state index is 0.0657. The van der Waals surface area contributed by atoms with Crippen molar-refractivity contribution < 1.29 is 14.3 Å². The van der Waals surface area contributed by atoms with Gasteiger partial charge in [0, 0.05) is 18.7 Å². The van der Waals surface area contributed by atoms with Crippen molar-refractivity contribution in [2.75, 3.05) is 26.8 Å². The van der Waals surface area contributed by atoms with Gasteiger partial charge in [0.1, 0.15) is 12.0 Å². The monoisotopic (exact) mass is 221 g/mol. The number of morpholine rings is 1. The van der Waals surface area contributed by atoms with Crippen molar-refractivity contribution in [2.24, 2.45) is 0 Å². The Morgan fingerprint density at radius 2 is 2.44 bits per heavy atom. The molecule has 0 bridgehead atoms. The molecule has 16 heavy (non-hydrogen) atoms. The summed E-state index contributed by atoms with van der Waals surface area (Å²) in [4.78, 5) is 11.0. The van der Waals surface area contributed by atoms with Crippen LogP contribution in [0.2, 0.25) is 0 Å². The molecule has 1 N–H and O–H groups in total. The fourth-order valence-electron chi connectivity index (χ4n) is 1.83. The van der Waals surface area contributed by atoms with Gasteiger partial charge in [-0.1, -0.05) is 0 Å². The molecule has 0 saturated carbocycles. The molecule has 2 rings (SSSR count). The van der Waals surface area contributed by atoms with Crippen LogP contribution in [-0.2, 0) is 4.74 Å². The topological polar surface area (TPSA) is 47.6 Å². The van der Waals surface area contributed by atoms with Crippen LogP contribution in [0.1, 0.15) is 22.0 Å². The number of methoxy groups -OCH3 is 1. The van der Waals surface area contributed by atoms with E-state index in [1.54, 1.807) is 19.2 Å². The zero-order valence-corrected chi connectivity index (χ0v) is 9.23. The molecule has 0 amide bonds. The van der Waals surface area contributed by atoms with Crippen molar-refractivity contribution in [3.63, 3.8) is 0 Å². The Hall–Kier alpha value is -1.39. The predicted octanol–water partition coefficient (Wildman–Crippen LogP) is 1.17. The van der Waals surface area contributed by atoms with Crippen molar-refractivity contribution in [2.45, 2.75) is 6.10 Å². The van der Waals surface area contributed by atoms with E-state index >= 15 is 0 Å². The molecule has 1 aliphatic rings. The number of carbonyl (C=O) groups excluding carboxylic acids is 1. The first-order valence-electron chi connectivity index (χ1n) is 5.30. The second-order valence-corrected chi connectivity index (χ2v) is 3.68. The molecule has 1 saturated heterocycles. The maximum absolute atomic E-state index is 11.0. The van der Waals surface area contributed by atoms with E-state index in [2.05, 4.69) is 5.32 Å². The maximum atomic E-state index is 11.0. The van der Waals surface area contributed by atoms with Crippen LogP contribution in [-0.4, -0.2) is 33.1 Å². The summed E-state index contributed by atoms with van der Waals surface area (Å²) in [5.41, 5.74) is 1.55. The normalized spacial score (nSPS) is 20.4. The van der Waals surface area contributed by atoms with Gasteiger partial charge in [0.25, 0.3) is 0 Å². The van der Waals surface area contributed by atoms with Crippen molar-refractivity contribution in [1.82, 2.24) is 5.32 Å². The van der Waals surface area contributed by atoms with Crippen LogP contribution < -0.4 is 10.1 Å². The third-order valence-electron chi connectivity index (χ3n) is 2.70. The van der Waals surface area contributed by atoms with Crippen LogP contribution in [0.15, 0.2) is 18.2 Å². The Labute approximate surface area is 94.6 Å². The Balaban J connectivity index is 2.31. The number of rotatable bonds is 3. The number of nitrogens with one attached hydrogen (secondary N) is 1. The van der Waals surface area contributed by atoms with E-state index in [1.165, 1.54) is 0 Å². The molecule has 86 valence electrons. The molecule has 4 heteroatoms. The van der Waals surface area contributed by atoms with Gasteiger partial charge in [-0.2, -0.15) is 0 Å². The Kier molecular flexibility index (Phi) is 3.54. The lowest BCUT2D eigenvalue weighted by molar-refractivity contribution is 0.0271. The third kappa shape index (κ3) is 2.23. The summed E-state index contributed by atoms with van der Waals surface area (Å²) >= 11 is 0. The van der Waals surface area contributed by atoms with E-state index in [0.29, 0.717) is 12.2 Å². The average Bonchev–Trinajstić information content (AvgIpc) is 2.39. The first-order chi connectivity index (χ1) is 7.85. The van der Waals surface area contributed by atoms with E-state index in [4.69, 9.17) is 9.47 Å². The number of hydrogen-bond acceptors (Lipinski definition) is 4. The third-order valence-corrected chi connectivity index (χ3v) is 2.70. The number of aldehydes is 1. The summed E-state index contributed by atoms with van der Waals surface area (Å²) in [6, 6.07) is 5.41. The summed E-state index contributed by atoms with van der Waals surface area (Å²) in [6.07, 6.45) is 0.788. The number of benzene rings is 1. The van der Waals surface area contributed by atoms with Crippen LogP contribution in [0.3, 0.4) is 0 Å². The lowest BCUT2D eigenvalue weighted by atomic mass is 10.0. The number of ether oxygens (including phenoxy) is 2. The SMILES string of the molecule is COc1ccc(C=O)c(C2CNCCO2)c1. The smallest absolute Gasteiger partial charge is 0.150 e. The highest BCUT2D eigenvalue weighted by Gasteiger charge is 2.19. The quantitative estimate of drug-likeness (QED) is 0.778. The standard InChI is InChI=1S/C12H15NO3/c1-15-10-3-2-9(8-14)11(6-10)12-7-13-4-5-16-12/h2-3,6,8,12-13H,4-5,7H2,1H3. The van der Waals surface area contributed by atoms with Crippen LogP contribution in [0.5, 0.6) is 5.75 Å². The van der Waals surface area contributed by atoms with E-state index < -0.39 is 0 Å². The predicted molar refractivity (Wildman–Crippen MR) is 59.9 cm³/mol. The molecule has 1 aromatic carbocycles. The molecule has 1 heterocycles. The van der Waals surface area contributed by atoms with Gasteiger partial charge >= 0.3 is 0 Å². The van der Waals surface area contributed by atoms with Gasteiger partial charge in [-0.15, -0.1) is 0 Å². The lowest BCUT2D eigenvalue weighted by Crippen LogP contribution is -2.33. The van der Waals surface area contributed by atoms with Crippen molar-refractivity contribution in [3.8, 4) is 5.75 Å². The summed E-state index contributed by atoms with van der Waals surface area (Å²) in [7, 11) is 1.61. The second-order valence-electron chi connectivity index (χ2n) is 3.68. The average molecular weight is 221 g/mol. The van der Waals surface area contributed by atoms with Gasteiger partial charge in [0.05, 0.1) is 19.8 Å². The Bertz CT molecular complexity index is 373. The molecule has 1 aliphatic heterocycles. The molecule has 0 aliphatic carbocycles. The number of carbonyl (C=O) groups is 1. The highest BCUT2D eigenvalue weighted by atomic mass is 16.5. The highest BCUT2D eigenvalue weighted by Crippen LogP contribution is 2.25. The van der Waals surface area contributed by atoms with E-state index in [9.17, 15) is 4.79 Å². The molecule has 1 aromatic rings. The van der Waals surface area contributed by atoms with E-state index in [1.807, 2.05) is 6.07 Å². The molecule has 1 unspecified atom stereocenters. The van der Waals surface area contributed by atoms with E-state index in [0.717, 1.165) is 30.7 Å². The largest absolute Gasteiger partial charge is 0.497 e. The molecule has 1 atom stereocenters. The molecule has 0 aromatic heterocycles. The van der Waals surface area contributed by atoms with Gasteiger partial charge in [-0.3, -0.25) is 4.79 Å². The van der Waals surface area contributed by atoms with Crippen LogP contribution in [0.25, 0.3) is 0 Å². The lowest BCUT2D eigenvalue weighted by Gasteiger charge is -2.25. The van der Waals surface area contributed by atoms with Crippen molar-refractivity contribution >= 4 is 6.29 Å². The molecule has 0 spiro atoms. The molecule has 4 nitrogen and oxygen atoms in total. The second kappa shape index (κ2) is 5.09. The van der Waals surface area contributed by atoms with Crippen LogP contribution in [0.4, 0.5) is 0 Å². The first-order valence-corrected chi connectivity index (χ1v) is 5.30. The fourth-order valence-corrected chi connectivity index (χ4v) is 1.83. The summed E-state index contributed by atoms with van der Waals surface area (Å²) in [5.74, 6) is 0.745. The van der Waals surface area contributed by atoms with Gasteiger partial charge < -0.3 is 14.8 Å². The number of hydrogen-bond donors (Lipinski definition) is 1. The summed E-state index contributed by atoms with van der Waals surface area (Å²) in [6.45, 7) is 2.26. The summed E-state index contributed by atoms with van der Waals surface area (Å²) < 4.78 is 10.8. The summed E-state index contributed by atoms with van der Waals surface area (Å²) in [5, 5.41) is 3.24. The Morgan fingerprint density at radius 3 is 3.06 bits per heavy atom. The Morgan fingerprint density at radius 1 is 1.56 bits per heavy atom. The minimum Gasteiger partial charge on any atom is -0.497 e. The molecular formula is C12H15NO3. The minimum atomic E-state index is -0.0657. The van der Waals surface area contributed by atoms with Crippen LogP contribution in [0, 0.1) is 0 Å². The van der Waals surface area contributed by atoms with E-state index in [-0.39, 0.29) is 6.10 Å². The van der Waals surface area contributed by atoms with Gasteiger partial charge in [-0.05, 0) is 23.8 Å². The molecular weight excluding hydrogens is 206 g/mol. The zero-order chi connectivity index (χ0) is 11.4. The van der Waals surface area contributed by atoms with Crippen molar-refractivity contribution in [1.29, 1.82) is 0 Å².